The molecule has 0 saturated heterocycles. The van der Waals surface area contributed by atoms with Crippen molar-refractivity contribution in [3.8, 4) is 0 Å². The maximum atomic E-state index is 13.8. The fourth-order valence-corrected chi connectivity index (χ4v) is 9.59. The Morgan fingerprint density at radius 2 is 1.05 bits per heavy atom. The van der Waals surface area contributed by atoms with Crippen LogP contribution in [0.15, 0.2) is 125 Å². The average Bonchev–Trinajstić information content (AvgIpc) is 3.54. The first-order valence-corrected chi connectivity index (χ1v) is 15.8. The summed E-state index contributed by atoms with van der Waals surface area (Å²) in [7, 11) is 0. The summed E-state index contributed by atoms with van der Waals surface area (Å²) >= 11 is 0.954. The number of Topliss-reactive ketones (excluding diaryl/α,β-unsaturated/α-hetero) is 2. The van der Waals surface area contributed by atoms with E-state index < -0.39 is 20.4 Å². The molecule has 0 saturated carbocycles. The summed E-state index contributed by atoms with van der Waals surface area (Å²) in [5.41, 5.74) is 3.73. The molecule has 0 fully saturated rings. The first kappa shape index (κ1) is 23.0. The maximum absolute atomic E-state index is 13.8. The molecule has 184 valence electrons. The van der Waals surface area contributed by atoms with Gasteiger partial charge in [0.2, 0.25) is 0 Å². The van der Waals surface area contributed by atoms with Crippen LogP contribution in [0.1, 0.15) is 24.3 Å². The van der Waals surface area contributed by atoms with E-state index in [-0.39, 0.29) is 17.1 Å². The number of fused-ring (bicyclic) bond motifs is 8. The van der Waals surface area contributed by atoms with E-state index in [0.29, 0.717) is 11.1 Å². The van der Waals surface area contributed by atoms with Crippen molar-refractivity contribution in [2.75, 3.05) is 4.90 Å². The molecule has 5 heteroatoms. The molecule has 2 aliphatic rings. The van der Waals surface area contributed by atoms with Crippen LogP contribution in [0.2, 0.25) is 0 Å². The number of para-hydroxylation sites is 2. The Morgan fingerprint density at radius 3 is 1.62 bits per heavy atom. The third-order valence-electron chi connectivity index (χ3n) is 7.43. The number of anilines is 3. The van der Waals surface area contributed by atoms with Crippen molar-refractivity contribution in [2.24, 2.45) is 0 Å². The zero-order chi connectivity index (χ0) is 26.1. The Kier molecular flexibility index (Phi) is 5.22. The standard InChI is InChI=1S/C34H19NO2STe/c36-33-25(34(37)32-24-12-4-2-10-22(24)21-9-1-3-11-23(21)31(32)33)19-20-17-18-30(39-20)35-26-13-5-7-15-28(26)38-29-16-8-6-14-27(29)35/h1-19H. The van der Waals surface area contributed by atoms with Gasteiger partial charge in [0.25, 0.3) is 0 Å². The second kappa shape index (κ2) is 8.83. The molecule has 39 heavy (non-hydrogen) atoms. The molecule has 0 atom stereocenters. The molecule has 3 nitrogen and oxygen atoms in total. The fraction of sp³-hybridized carbons (Fsp3) is 0. The second-order valence-corrected chi connectivity index (χ2v) is 13.8. The summed E-state index contributed by atoms with van der Waals surface area (Å²) in [6.45, 7) is 0. The van der Waals surface area contributed by atoms with Gasteiger partial charge in [0, 0.05) is 0 Å². The van der Waals surface area contributed by atoms with Crippen LogP contribution in [0.3, 0.4) is 0 Å². The van der Waals surface area contributed by atoms with Crippen molar-refractivity contribution in [3.05, 3.63) is 129 Å². The van der Waals surface area contributed by atoms with Crippen LogP contribution < -0.4 is 4.90 Å². The van der Waals surface area contributed by atoms with Crippen molar-refractivity contribution in [1.82, 2.24) is 0 Å². The summed E-state index contributed by atoms with van der Waals surface area (Å²) in [4.78, 5) is 32.5. The van der Waals surface area contributed by atoms with Gasteiger partial charge in [-0.25, -0.2) is 0 Å². The van der Waals surface area contributed by atoms with Crippen molar-refractivity contribution >= 4 is 86.5 Å². The van der Waals surface area contributed by atoms with Crippen molar-refractivity contribution in [2.45, 2.75) is 9.79 Å². The SMILES string of the molecule is O=C1C(=Cc2ccc(N3c4ccccc4Sc4ccccc43)[te]2)C(=O)c2c1c1ccccc1c1ccccc21. The van der Waals surface area contributed by atoms with E-state index in [4.69, 9.17) is 0 Å². The molecule has 5 aromatic carbocycles. The molecule has 1 aliphatic carbocycles. The molecule has 0 radical (unpaired) electrons. The Labute approximate surface area is 239 Å². The number of allylic oxidation sites excluding steroid dienone is 1. The molecule has 8 rings (SSSR count). The van der Waals surface area contributed by atoms with Crippen molar-refractivity contribution in [3.63, 3.8) is 0 Å². The molecule has 0 spiro atoms. The Hall–Kier alpha value is -3.88. The third-order valence-corrected chi connectivity index (χ3v) is 11.5. The van der Waals surface area contributed by atoms with Crippen molar-refractivity contribution in [1.29, 1.82) is 0 Å². The molecular formula is C34H19NO2STe. The first-order valence-electron chi connectivity index (χ1n) is 12.7. The van der Waals surface area contributed by atoms with Crippen LogP contribution in [0, 0.1) is 0 Å². The van der Waals surface area contributed by atoms with Gasteiger partial charge in [-0.05, 0) is 0 Å². The van der Waals surface area contributed by atoms with Gasteiger partial charge >= 0.3 is 240 Å². The number of carbonyl (C=O) groups is 2. The predicted molar refractivity (Wildman–Crippen MR) is 160 cm³/mol. The monoisotopic (exact) mass is 635 g/mol. The summed E-state index contributed by atoms with van der Waals surface area (Å²) in [5.74, 6) is -0.326. The van der Waals surface area contributed by atoms with E-state index in [2.05, 4.69) is 65.6 Å². The van der Waals surface area contributed by atoms with E-state index in [1.165, 1.54) is 24.9 Å². The minimum atomic E-state index is -0.840. The van der Waals surface area contributed by atoms with Gasteiger partial charge in [0.1, 0.15) is 0 Å². The normalized spacial score (nSPS) is 14.1. The number of rotatable bonds is 2. The zero-order valence-corrected chi connectivity index (χ0v) is 23.7. The number of hydrogen-bond acceptors (Lipinski definition) is 4. The van der Waals surface area contributed by atoms with Crippen molar-refractivity contribution < 1.29 is 9.59 Å². The van der Waals surface area contributed by atoms with Gasteiger partial charge in [0.05, 0.1) is 0 Å². The summed E-state index contributed by atoms with van der Waals surface area (Å²) in [6, 6.07) is 37.1. The average molecular weight is 633 g/mol. The van der Waals surface area contributed by atoms with E-state index >= 15 is 0 Å². The molecular weight excluding hydrogens is 614 g/mol. The van der Waals surface area contributed by atoms with Crippen LogP contribution in [-0.4, -0.2) is 32.0 Å². The fourth-order valence-electron chi connectivity index (χ4n) is 5.74. The Bertz CT molecular complexity index is 1930. The van der Waals surface area contributed by atoms with Crippen LogP contribution in [-0.2, 0) is 0 Å². The van der Waals surface area contributed by atoms with E-state index in [1.54, 1.807) is 11.8 Å². The molecule has 1 aliphatic heterocycles. The zero-order valence-electron chi connectivity index (χ0n) is 20.5. The second-order valence-electron chi connectivity index (χ2n) is 9.61. The van der Waals surface area contributed by atoms with E-state index in [9.17, 15) is 9.59 Å². The number of ketones is 2. The number of benzene rings is 5. The first-order chi connectivity index (χ1) is 19.2. The van der Waals surface area contributed by atoms with E-state index in [0.717, 1.165) is 25.1 Å². The number of hydrogen-bond donors (Lipinski definition) is 0. The molecule has 0 N–H and O–H groups in total. The Balaban J connectivity index is 1.26. The summed E-state index contributed by atoms with van der Waals surface area (Å²) in [5, 5.41) is 3.71. The van der Waals surface area contributed by atoms with Gasteiger partial charge < -0.3 is 0 Å². The summed E-state index contributed by atoms with van der Waals surface area (Å²) < 4.78 is 2.33. The molecule has 6 aromatic rings. The molecule has 0 unspecified atom stereocenters. The van der Waals surface area contributed by atoms with Gasteiger partial charge in [-0.15, -0.1) is 0 Å². The van der Waals surface area contributed by atoms with Gasteiger partial charge in [0.15, 0.2) is 0 Å². The molecule has 2 heterocycles. The Morgan fingerprint density at radius 1 is 0.564 bits per heavy atom. The van der Waals surface area contributed by atoms with Gasteiger partial charge in [-0.1, -0.05) is 0 Å². The number of nitrogens with zero attached hydrogens (tertiary/aromatic N) is 1. The van der Waals surface area contributed by atoms with Crippen LogP contribution in [0.4, 0.5) is 15.1 Å². The third kappa shape index (κ3) is 3.44. The van der Waals surface area contributed by atoms with Crippen LogP contribution in [0.5, 0.6) is 0 Å². The molecule has 0 bridgehead atoms. The molecule has 1 aromatic heterocycles. The summed E-state index contributed by atoms with van der Waals surface area (Å²) in [6.07, 6.45) is 1.87. The molecule has 0 amide bonds. The van der Waals surface area contributed by atoms with E-state index in [1.807, 2.05) is 54.6 Å². The quantitative estimate of drug-likeness (QED) is 0.0830. The predicted octanol–water partition coefficient (Wildman–Crippen LogP) is 8.45. The van der Waals surface area contributed by atoms with Crippen LogP contribution in [0.25, 0.3) is 27.6 Å². The topological polar surface area (TPSA) is 37.4 Å². The number of carbonyl (C=O) groups excluding carboxylic acids is 2. The van der Waals surface area contributed by atoms with Gasteiger partial charge in [-0.3, -0.25) is 0 Å². The van der Waals surface area contributed by atoms with Gasteiger partial charge in [-0.2, -0.15) is 0 Å². The minimum absolute atomic E-state index is 0.163. The van der Waals surface area contributed by atoms with Crippen LogP contribution >= 0.6 is 11.8 Å².